The number of rotatable bonds is 18. The molecule has 2 N–H and O–H groups in total. The number of carbonyl (C=O) groups excluding carboxylic acids is 1. The third-order valence-electron chi connectivity index (χ3n) is 5.03. The highest BCUT2D eigenvalue weighted by Crippen LogP contribution is 2.12. The van der Waals surface area contributed by atoms with Gasteiger partial charge in [-0.25, -0.2) is 0 Å². The highest BCUT2D eigenvalue weighted by Gasteiger charge is 2.02. The summed E-state index contributed by atoms with van der Waals surface area (Å²) in [5.41, 5.74) is 0. The van der Waals surface area contributed by atoms with Gasteiger partial charge in [-0.05, 0) is 12.8 Å². The quantitative estimate of drug-likeness (QED) is 0.214. The molecule has 0 aromatic rings. The smallest absolute Gasteiger partial charge is 0.101 e. The standard InChI is InChI=1S/C16H32O2.2C5H14NO.ClH/c1-2-3-4-5-6-7-8-9-10-11-12-13-14-15-16(17)18;2*1-6(2,3)4-5-7;/h2-15H2,1H3,(H,17,18);2*7H,4-5H2,1-3H3;1H/q;2*+1;/p-2. The van der Waals surface area contributed by atoms with Crippen molar-refractivity contribution < 1.29 is 41.5 Å². The molecule has 0 amide bonds. The highest BCUT2D eigenvalue weighted by atomic mass is 35.5. The van der Waals surface area contributed by atoms with Crippen molar-refractivity contribution in [1.29, 1.82) is 0 Å². The van der Waals surface area contributed by atoms with Crippen LogP contribution < -0.4 is 17.5 Å². The van der Waals surface area contributed by atoms with Gasteiger partial charge < -0.3 is 41.5 Å². The molecule has 0 heterocycles. The molecule has 33 heavy (non-hydrogen) atoms. The summed E-state index contributed by atoms with van der Waals surface area (Å²) >= 11 is 0. The van der Waals surface area contributed by atoms with Gasteiger partial charge in [-0.3, -0.25) is 0 Å². The molecule has 0 fully saturated rings. The van der Waals surface area contributed by atoms with Crippen molar-refractivity contribution in [1.82, 2.24) is 0 Å². The third-order valence-corrected chi connectivity index (χ3v) is 5.03. The first-order chi connectivity index (χ1) is 14.9. The molecule has 0 unspecified atom stereocenters. The number of carboxylic acid groups (broad SMARTS) is 1. The lowest BCUT2D eigenvalue weighted by Crippen LogP contribution is -3.00. The SMILES string of the molecule is CCCCCCCCCCCCCCCC(=O)[O-].C[N+](C)(C)CCO.C[N+](C)(C)CCO.[Cl-]. The fraction of sp³-hybridized carbons (Fsp3) is 0.962. The molecule has 204 valence electrons. The Labute approximate surface area is 213 Å². The van der Waals surface area contributed by atoms with E-state index in [9.17, 15) is 9.90 Å². The molecule has 0 atom stereocenters. The zero-order valence-electron chi connectivity index (χ0n) is 23.2. The minimum atomic E-state index is -0.905. The molecule has 0 spiro atoms. The Hall–Kier alpha value is -0.400. The van der Waals surface area contributed by atoms with Crippen LogP contribution in [0.2, 0.25) is 0 Å². The average molecular weight is 499 g/mol. The molecule has 0 aliphatic rings. The normalized spacial score (nSPS) is 10.9. The van der Waals surface area contributed by atoms with E-state index in [2.05, 4.69) is 49.2 Å². The number of hydrogen-bond acceptors (Lipinski definition) is 4. The summed E-state index contributed by atoms with van der Waals surface area (Å²) in [6, 6.07) is 0. The molecule has 0 rings (SSSR count). The minimum absolute atomic E-state index is 0. The van der Waals surface area contributed by atoms with Crippen molar-refractivity contribution in [2.75, 3.05) is 68.6 Å². The number of carbonyl (C=O) groups is 1. The molecule has 0 aliphatic heterocycles. The van der Waals surface area contributed by atoms with E-state index in [1.54, 1.807) is 0 Å². The van der Waals surface area contributed by atoms with Crippen molar-refractivity contribution in [3.8, 4) is 0 Å². The maximum atomic E-state index is 10.2. The Balaban J connectivity index is -0.000000231. The van der Waals surface area contributed by atoms with Crippen LogP contribution in [-0.2, 0) is 4.79 Å². The number of aliphatic carboxylic acids is 1. The second-order valence-corrected chi connectivity index (χ2v) is 10.8. The zero-order valence-corrected chi connectivity index (χ0v) is 24.0. The molecule has 0 saturated carbocycles. The summed E-state index contributed by atoms with van der Waals surface area (Å²) in [6.45, 7) is 4.49. The first-order valence-electron chi connectivity index (χ1n) is 12.9. The zero-order chi connectivity index (χ0) is 25.3. The molecule has 6 nitrogen and oxygen atoms in total. The van der Waals surface area contributed by atoms with Gasteiger partial charge in [0.2, 0.25) is 0 Å². The van der Waals surface area contributed by atoms with Crippen LogP contribution in [0.1, 0.15) is 96.8 Å². The number of nitrogens with zero attached hydrogens (tertiary/aromatic N) is 2. The molecule has 0 radical (unpaired) electrons. The minimum Gasteiger partial charge on any atom is -1.00 e. The lowest BCUT2D eigenvalue weighted by molar-refractivity contribution is -0.870. The second-order valence-electron chi connectivity index (χ2n) is 10.8. The van der Waals surface area contributed by atoms with Crippen molar-refractivity contribution in [3.05, 3.63) is 0 Å². The molecule has 0 aromatic heterocycles. The fourth-order valence-corrected chi connectivity index (χ4v) is 2.89. The van der Waals surface area contributed by atoms with Crippen molar-refractivity contribution >= 4 is 5.97 Å². The lowest BCUT2D eigenvalue weighted by atomic mass is 10.0. The Kier molecular flexibility index (Phi) is 33.6. The van der Waals surface area contributed by atoms with Crippen LogP contribution in [0.3, 0.4) is 0 Å². The number of halogens is 1. The van der Waals surface area contributed by atoms with Crippen molar-refractivity contribution in [2.45, 2.75) is 96.8 Å². The van der Waals surface area contributed by atoms with Crippen LogP contribution in [0.5, 0.6) is 0 Å². The number of unbranched alkanes of at least 4 members (excludes halogenated alkanes) is 12. The van der Waals surface area contributed by atoms with Gasteiger partial charge in [0.05, 0.1) is 55.5 Å². The van der Waals surface area contributed by atoms with Gasteiger partial charge in [-0.1, -0.05) is 84.0 Å². The van der Waals surface area contributed by atoms with E-state index in [0.717, 1.165) is 34.9 Å². The van der Waals surface area contributed by atoms with Gasteiger partial charge >= 0.3 is 0 Å². The number of hydrogen-bond donors (Lipinski definition) is 2. The maximum Gasteiger partial charge on any atom is 0.101 e. The summed E-state index contributed by atoms with van der Waals surface area (Å²) in [6.07, 6.45) is 16.9. The number of likely N-dealkylation sites (N-methyl/N-ethyl adjacent to an activating group) is 2. The number of aliphatic hydroxyl groups is 2. The van der Waals surface area contributed by atoms with E-state index in [4.69, 9.17) is 10.2 Å². The van der Waals surface area contributed by atoms with Crippen LogP contribution in [-0.4, -0.2) is 93.7 Å². The molecule has 0 bridgehead atoms. The van der Waals surface area contributed by atoms with Crippen molar-refractivity contribution in [3.63, 3.8) is 0 Å². The largest absolute Gasteiger partial charge is 1.00 e. The van der Waals surface area contributed by atoms with Crippen LogP contribution >= 0.6 is 0 Å². The lowest BCUT2D eigenvalue weighted by Gasteiger charge is -2.21. The average Bonchev–Trinajstić information content (AvgIpc) is 2.64. The maximum absolute atomic E-state index is 10.2. The Morgan fingerprint density at radius 3 is 1.06 bits per heavy atom. The summed E-state index contributed by atoms with van der Waals surface area (Å²) in [7, 11) is 12.3. The second kappa shape index (κ2) is 27.8. The van der Waals surface area contributed by atoms with Crippen LogP contribution in [0.15, 0.2) is 0 Å². The first kappa shape index (κ1) is 39.8. The molecule has 0 aliphatic carbocycles. The van der Waals surface area contributed by atoms with E-state index in [0.29, 0.717) is 0 Å². The summed E-state index contributed by atoms with van der Waals surface area (Å²) in [4.78, 5) is 10.2. The van der Waals surface area contributed by atoms with E-state index in [-0.39, 0.29) is 32.0 Å². The van der Waals surface area contributed by atoms with Gasteiger partial charge in [0.15, 0.2) is 0 Å². The van der Waals surface area contributed by atoms with Gasteiger partial charge in [-0.2, -0.15) is 0 Å². The number of aliphatic hydroxyl groups excluding tert-OH is 2. The predicted molar refractivity (Wildman–Crippen MR) is 135 cm³/mol. The van der Waals surface area contributed by atoms with E-state index < -0.39 is 5.97 Å². The van der Waals surface area contributed by atoms with Gasteiger partial charge in [0.25, 0.3) is 0 Å². The first-order valence-corrected chi connectivity index (χ1v) is 12.9. The van der Waals surface area contributed by atoms with E-state index in [1.807, 2.05) is 0 Å². The monoisotopic (exact) mass is 498 g/mol. The molecule has 0 aromatic carbocycles. The molecule has 0 saturated heterocycles. The van der Waals surface area contributed by atoms with Crippen LogP contribution in [0.25, 0.3) is 0 Å². The third kappa shape index (κ3) is 54.2. The van der Waals surface area contributed by atoms with Gasteiger partial charge in [-0.15, -0.1) is 0 Å². The fourth-order valence-electron chi connectivity index (χ4n) is 2.89. The summed E-state index contributed by atoms with van der Waals surface area (Å²) in [5.74, 6) is -0.905. The Morgan fingerprint density at radius 2 is 0.879 bits per heavy atom. The molecular formula is C26H59ClN2O4. The highest BCUT2D eigenvalue weighted by molar-refractivity contribution is 5.63. The van der Waals surface area contributed by atoms with E-state index >= 15 is 0 Å². The summed E-state index contributed by atoms with van der Waals surface area (Å²) < 4.78 is 1.69. The van der Waals surface area contributed by atoms with Crippen LogP contribution in [0, 0.1) is 0 Å². The van der Waals surface area contributed by atoms with Gasteiger partial charge in [0.1, 0.15) is 13.1 Å². The van der Waals surface area contributed by atoms with Gasteiger partial charge in [0, 0.05) is 5.97 Å². The molecule has 7 heteroatoms. The summed E-state index contributed by atoms with van der Waals surface area (Å²) in [5, 5.41) is 27.0. The predicted octanol–water partition coefficient (Wildman–Crippen LogP) is 0.591. The Morgan fingerprint density at radius 1 is 0.606 bits per heavy atom. The topological polar surface area (TPSA) is 80.6 Å². The van der Waals surface area contributed by atoms with Crippen molar-refractivity contribution in [2.24, 2.45) is 0 Å². The number of quaternary nitrogens is 2. The Bertz CT molecular complexity index is 367. The van der Waals surface area contributed by atoms with Crippen LogP contribution in [0.4, 0.5) is 0 Å². The number of carboxylic acids is 1. The van der Waals surface area contributed by atoms with E-state index in [1.165, 1.54) is 70.6 Å². The molecular weight excluding hydrogens is 440 g/mol.